The number of hydrogen-bond donors (Lipinski definition) is 2. The van der Waals surface area contributed by atoms with Crippen molar-refractivity contribution in [2.45, 2.75) is 33.2 Å². The number of pyridine rings is 1. The molecule has 0 spiro atoms. The first-order chi connectivity index (χ1) is 13.3. The van der Waals surface area contributed by atoms with E-state index in [9.17, 15) is 9.59 Å². The highest BCUT2D eigenvalue weighted by atomic mass is 35.5. The van der Waals surface area contributed by atoms with Crippen molar-refractivity contribution >= 4 is 29.1 Å². The second kappa shape index (κ2) is 11.0. The van der Waals surface area contributed by atoms with Crippen LogP contribution in [-0.4, -0.2) is 24.1 Å². The van der Waals surface area contributed by atoms with Crippen LogP contribution in [0.25, 0.3) is 0 Å². The molecule has 1 amide bonds. The third-order valence-electron chi connectivity index (χ3n) is 3.68. The van der Waals surface area contributed by atoms with Crippen LogP contribution in [0.2, 0.25) is 10.0 Å². The molecule has 6 nitrogen and oxygen atoms in total. The Morgan fingerprint density at radius 2 is 1.96 bits per heavy atom. The van der Waals surface area contributed by atoms with E-state index < -0.39 is 0 Å². The molecule has 0 fully saturated rings. The van der Waals surface area contributed by atoms with Crippen LogP contribution in [0.15, 0.2) is 35.3 Å². The quantitative estimate of drug-likeness (QED) is 0.558. The molecule has 152 valence electrons. The highest BCUT2D eigenvalue weighted by Crippen LogP contribution is 2.27. The Balaban J connectivity index is 1.70. The van der Waals surface area contributed by atoms with Gasteiger partial charge in [0.1, 0.15) is 5.75 Å². The molecule has 2 N–H and O–H groups in total. The molecular weight excluding hydrogens is 403 g/mol. The molecule has 0 unspecified atom stereocenters. The van der Waals surface area contributed by atoms with Crippen molar-refractivity contribution in [3.8, 4) is 11.5 Å². The fourth-order valence-electron chi connectivity index (χ4n) is 2.26. The number of nitrogens with one attached hydrogen (secondary N) is 2. The molecule has 2 rings (SSSR count). The van der Waals surface area contributed by atoms with Gasteiger partial charge in [-0.05, 0) is 30.5 Å². The zero-order valence-electron chi connectivity index (χ0n) is 15.9. The molecule has 28 heavy (non-hydrogen) atoms. The van der Waals surface area contributed by atoms with Crippen molar-refractivity contribution in [3.63, 3.8) is 0 Å². The van der Waals surface area contributed by atoms with E-state index in [1.54, 1.807) is 18.2 Å². The smallest absolute Gasteiger partial charge is 0.223 e. The summed E-state index contributed by atoms with van der Waals surface area (Å²) in [6.45, 7) is 5.08. The average molecular weight is 427 g/mol. The number of aromatic amines is 1. The van der Waals surface area contributed by atoms with Crippen molar-refractivity contribution in [2.24, 2.45) is 5.92 Å². The summed E-state index contributed by atoms with van der Waals surface area (Å²) in [4.78, 5) is 26.9. The van der Waals surface area contributed by atoms with Gasteiger partial charge in [-0.1, -0.05) is 37.0 Å². The Labute approximate surface area is 174 Å². The summed E-state index contributed by atoms with van der Waals surface area (Å²) in [5.74, 6) is 1.01. The molecule has 1 aromatic carbocycles. The molecule has 0 saturated heterocycles. The van der Waals surface area contributed by atoms with E-state index in [-0.39, 0.29) is 23.6 Å². The topological polar surface area (TPSA) is 80.4 Å². The van der Waals surface area contributed by atoms with Crippen molar-refractivity contribution in [1.82, 2.24) is 10.3 Å². The van der Waals surface area contributed by atoms with E-state index in [0.717, 1.165) is 0 Å². The molecule has 0 atom stereocenters. The normalized spacial score (nSPS) is 10.8. The molecule has 0 saturated carbocycles. The summed E-state index contributed by atoms with van der Waals surface area (Å²) < 4.78 is 11.0. The summed E-state index contributed by atoms with van der Waals surface area (Å²) >= 11 is 11.9. The Morgan fingerprint density at radius 1 is 1.18 bits per heavy atom. The number of H-pyrrole nitrogens is 1. The van der Waals surface area contributed by atoms with Gasteiger partial charge in [0.15, 0.2) is 5.75 Å². The monoisotopic (exact) mass is 426 g/mol. The summed E-state index contributed by atoms with van der Waals surface area (Å²) in [5.41, 5.74) is 0.399. The lowest BCUT2D eigenvalue weighted by molar-refractivity contribution is -0.121. The fraction of sp³-hybridized carbons (Fsp3) is 0.400. The van der Waals surface area contributed by atoms with Gasteiger partial charge in [-0.15, -0.1) is 0 Å². The molecule has 1 aromatic heterocycles. The Morgan fingerprint density at radius 3 is 2.64 bits per heavy atom. The lowest BCUT2D eigenvalue weighted by Crippen LogP contribution is -2.24. The van der Waals surface area contributed by atoms with Gasteiger partial charge in [0.05, 0.1) is 24.8 Å². The standard InChI is InChI=1S/C20H24Cl2N2O4/c1-13(2)12-28-19-11-23-15(9-17(19)25)10-24-20(26)4-3-7-27-18-6-5-14(21)8-16(18)22/h5-6,8-9,11,13H,3-4,7,10,12H2,1-2H3,(H,23,25)(H,24,26). The van der Waals surface area contributed by atoms with Crippen LogP contribution < -0.4 is 20.2 Å². The maximum atomic E-state index is 12.0. The number of halogens is 2. The first-order valence-corrected chi connectivity index (χ1v) is 9.79. The molecule has 0 aliphatic heterocycles. The average Bonchev–Trinajstić information content (AvgIpc) is 2.64. The molecule has 2 aromatic rings. The third-order valence-corrected chi connectivity index (χ3v) is 4.22. The number of rotatable bonds is 10. The molecule has 0 radical (unpaired) electrons. The van der Waals surface area contributed by atoms with Gasteiger partial charge < -0.3 is 19.8 Å². The van der Waals surface area contributed by atoms with Crippen LogP contribution in [0.5, 0.6) is 11.5 Å². The van der Waals surface area contributed by atoms with Crippen LogP contribution in [0, 0.1) is 5.92 Å². The van der Waals surface area contributed by atoms with Gasteiger partial charge in [-0.2, -0.15) is 0 Å². The summed E-state index contributed by atoms with van der Waals surface area (Å²) in [7, 11) is 0. The van der Waals surface area contributed by atoms with E-state index in [1.807, 2.05) is 13.8 Å². The fourth-order valence-corrected chi connectivity index (χ4v) is 2.72. The highest BCUT2D eigenvalue weighted by molar-refractivity contribution is 6.35. The van der Waals surface area contributed by atoms with E-state index in [2.05, 4.69) is 10.3 Å². The Bertz CT molecular complexity index is 852. The van der Waals surface area contributed by atoms with Crippen LogP contribution >= 0.6 is 23.2 Å². The molecule has 1 heterocycles. The Kier molecular flexibility index (Phi) is 8.67. The predicted molar refractivity (Wildman–Crippen MR) is 110 cm³/mol. The summed E-state index contributed by atoms with van der Waals surface area (Å²) in [6.07, 6.45) is 2.35. The first kappa shape index (κ1) is 22.1. The first-order valence-electron chi connectivity index (χ1n) is 9.04. The SMILES string of the molecule is CC(C)COc1c[nH]c(CNC(=O)CCCOc2ccc(Cl)cc2Cl)cc1=O. The largest absolute Gasteiger partial charge is 0.492 e. The second-order valence-corrected chi connectivity index (χ2v) is 7.54. The van der Waals surface area contributed by atoms with Gasteiger partial charge in [0, 0.05) is 29.4 Å². The van der Waals surface area contributed by atoms with E-state index in [4.69, 9.17) is 32.7 Å². The van der Waals surface area contributed by atoms with E-state index in [1.165, 1.54) is 12.3 Å². The van der Waals surface area contributed by atoms with Crippen molar-refractivity contribution in [3.05, 3.63) is 56.4 Å². The third kappa shape index (κ3) is 7.44. The number of amides is 1. The van der Waals surface area contributed by atoms with E-state index in [0.29, 0.717) is 53.5 Å². The molecule has 0 bridgehead atoms. The van der Waals surface area contributed by atoms with Crippen LogP contribution in [0.4, 0.5) is 0 Å². The van der Waals surface area contributed by atoms with E-state index >= 15 is 0 Å². The maximum absolute atomic E-state index is 12.0. The number of carbonyl (C=O) groups excluding carboxylic acids is 1. The van der Waals surface area contributed by atoms with Crippen LogP contribution in [0.3, 0.4) is 0 Å². The minimum atomic E-state index is -0.211. The zero-order chi connectivity index (χ0) is 20.5. The lowest BCUT2D eigenvalue weighted by Gasteiger charge is -2.10. The molecule has 0 aliphatic carbocycles. The number of ether oxygens (including phenoxy) is 2. The maximum Gasteiger partial charge on any atom is 0.223 e. The van der Waals surface area contributed by atoms with Gasteiger partial charge in [0.2, 0.25) is 11.3 Å². The van der Waals surface area contributed by atoms with Gasteiger partial charge in [-0.25, -0.2) is 0 Å². The second-order valence-electron chi connectivity index (χ2n) is 6.70. The van der Waals surface area contributed by atoms with Gasteiger partial charge in [-0.3, -0.25) is 9.59 Å². The number of aromatic nitrogens is 1. The highest BCUT2D eigenvalue weighted by Gasteiger charge is 2.07. The van der Waals surface area contributed by atoms with Gasteiger partial charge in [0.25, 0.3) is 0 Å². The van der Waals surface area contributed by atoms with Crippen LogP contribution in [-0.2, 0) is 11.3 Å². The van der Waals surface area contributed by atoms with Crippen molar-refractivity contribution in [2.75, 3.05) is 13.2 Å². The summed E-state index contributed by atoms with van der Waals surface area (Å²) in [5, 5.41) is 3.73. The van der Waals surface area contributed by atoms with Crippen LogP contribution in [0.1, 0.15) is 32.4 Å². The minimum Gasteiger partial charge on any atom is -0.492 e. The minimum absolute atomic E-state index is 0.133. The predicted octanol–water partition coefficient (Wildman–Crippen LogP) is 4.19. The van der Waals surface area contributed by atoms with Gasteiger partial charge >= 0.3 is 0 Å². The zero-order valence-corrected chi connectivity index (χ0v) is 17.4. The lowest BCUT2D eigenvalue weighted by atomic mass is 10.2. The number of hydrogen-bond acceptors (Lipinski definition) is 4. The number of benzene rings is 1. The molecular formula is C20H24Cl2N2O4. The molecule has 8 heteroatoms. The Hall–Kier alpha value is -2.18. The summed E-state index contributed by atoms with van der Waals surface area (Å²) in [6, 6.07) is 6.41. The van der Waals surface area contributed by atoms with Crippen molar-refractivity contribution in [1.29, 1.82) is 0 Å². The molecule has 0 aliphatic rings. The number of carbonyl (C=O) groups is 1. The van der Waals surface area contributed by atoms with Crippen molar-refractivity contribution < 1.29 is 14.3 Å².